The summed E-state index contributed by atoms with van der Waals surface area (Å²) >= 11 is 0. The zero-order chi connectivity index (χ0) is 14.1. The molecule has 2 heterocycles. The molecule has 2 aromatic heterocycles. The average molecular weight is 271 g/mol. The Morgan fingerprint density at radius 2 is 2.05 bits per heavy atom. The molecule has 0 atom stereocenters. The summed E-state index contributed by atoms with van der Waals surface area (Å²) in [6.07, 6.45) is 7.42. The first-order valence-electron chi connectivity index (χ1n) is 7.35. The highest BCUT2D eigenvalue weighted by Gasteiger charge is 2.19. The average Bonchev–Trinajstić information content (AvgIpc) is 2.91. The zero-order valence-electron chi connectivity index (χ0n) is 12.4. The minimum Gasteiger partial charge on any atom is -0.373 e. The second-order valence-corrected chi connectivity index (χ2v) is 5.26. The van der Waals surface area contributed by atoms with Crippen molar-refractivity contribution in [1.82, 2.24) is 19.5 Å². The Kier molecular flexibility index (Phi) is 3.42. The number of aromatic nitrogens is 4. The quantitative estimate of drug-likeness (QED) is 0.931. The maximum Gasteiger partial charge on any atom is 0.146 e. The molecule has 0 fully saturated rings. The van der Waals surface area contributed by atoms with Gasteiger partial charge in [-0.3, -0.25) is 4.57 Å². The van der Waals surface area contributed by atoms with Crippen molar-refractivity contribution in [2.75, 3.05) is 12.4 Å². The first kappa shape index (κ1) is 13.1. The van der Waals surface area contributed by atoms with Crippen molar-refractivity contribution in [2.24, 2.45) is 0 Å². The first-order chi connectivity index (χ1) is 9.74. The highest BCUT2D eigenvalue weighted by molar-refractivity contribution is 5.52. The molecule has 1 aliphatic rings. The van der Waals surface area contributed by atoms with E-state index in [0.717, 1.165) is 42.3 Å². The number of fused-ring (bicyclic) bond motifs is 1. The van der Waals surface area contributed by atoms with Crippen molar-refractivity contribution in [1.29, 1.82) is 0 Å². The highest BCUT2D eigenvalue weighted by Crippen LogP contribution is 2.26. The molecule has 20 heavy (non-hydrogen) atoms. The molecule has 1 N–H and O–H groups in total. The number of nitrogens with zero attached hydrogens (tertiary/aromatic N) is 4. The predicted molar refractivity (Wildman–Crippen MR) is 79.5 cm³/mol. The third-order valence-electron chi connectivity index (χ3n) is 3.98. The van der Waals surface area contributed by atoms with E-state index in [4.69, 9.17) is 4.98 Å². The van der Waals surface area contributed by atoms with Crippen LogP contribution in [0.15, 0.2) is 6.33 Å². The fraction of sp³-hybridized carbons (Fsp3) is 0.533. The van der Waals surface area contributed by atoms with Gasteiger partial charge in [-0.25, -0.2) is 15.0 Å². The van der Waals surface area contributed by atoms with Gasteiger partial charge >= 0.3 is 0 Å². The van der Waals surface area contributed by atoms with Gasteiger partial charge in [-0.2, -0.15) is 0 Å². The van der Waals surface area contributed by atoms with Gasteiger partial charge in [-0.1, -0.05) is 6.92 Å². The standard InChI is InChI=1S/C15H21N5/c1-4-13-18-14(16-3)10(2)15(19-13)20-9-17-11-7-5-6-8-12(11)20/h9H,4-8H2,1-3H3,(H,16,18,19). The van der Waals surface area contributed by atoms with Gasteiger partial charge in [0, 0.05) is 24.7 Å². The van der Waals surface area contributed by atoms with E-state index in [0.29, 0.717) is 0 Å². The molecular formula is C15H21N5. The monoisotopic (exact) mass is 271 g/mol. The van der Waals surface area contributed by atoms with Gasteiger partial charge < -0.3 is 5.32 Å². The van der Waals surface area contributed by atoms with Crippen molar-refractivity contribution >= 4 is 5.82 Å². The lowest BCUT2D eigenvalue weighted by atomic mass is 10.0. The van der Waals surface area contributed by atoms with Crippen LogP contribution in [0.5, 0.6) is 0 Å². The van der Waals surface area contributed by atoms with Crippen molar-refractivity contribution in [3.63, 3.8) is 0 Å². The van der Waals surface area contributed by atoms with E-state index in [1.165, 1.54) is 24.2 Å². The van der Waals surface area contributed by atoms with Crippen molar-refractivity contribution in [3.05, 3.63) is 29.1 Å². The molecule has 0 aliphatic heterocycles. The molecule has 5 heteroatoms. The van der Waals surface area contributed by atoms with Gasteiger partial charge in [-0.05, 0) is 32.6 Å². The maximum atomic E-state index is 4.72. The molecule has 0 amide bonds. The van der Waals surface area contributed by atoms with Crippen LogP contribution >= 0.6 is 0 Å². The number of anilines is 1. The molecule has 5 nitrogen and oxygen atoms in total. The highest BCUT2D eigenvalue weighted by atomic mass is 15.2. The minimum absolute atomic E-state index is 0.832. The second-order valence-electron chi connectivity index (χ2n) is 5.26. The van der Waals surface area contributed by atoms with Crippen LogP contribution in [-0.2, 0) is 19.3 Å². The third kappa shape index (κ3) is 2.07. The fourth-order valence-electron chi connectivity index (χ4n) is 2.84. The summed E-state index contributed by atoms with van der Waals surface area (Å²) in [5.41, 5.74) is 3.64. The van der Waals surface area contributed by atoms with Crippen LogP contribution in [0, 0.1) is 6.92 Å². The third-order valence-corrected chi connectivity index (χ3v) is 3.98. The Morgan fingerprint density at radius 3 is 2.80 bits per heavy atom. The molecule has 0 saturated heterocycles. The maximum absolute atomic E-state index is 4.72. The molecule has 0 bridgehead atoms. The summed E-state index contributed by atoms with van der Waals surface area (Å²) in [7, 11) is 1.90. The van der Waals surface area contributed by atoms with Crippen molar-refractivity contribution < 1.29 is 0 Å². The van der Waals surface area contributed by atoms with E-state index in [1.54, 1.807) is 0 Å². The van der Waals surface area contributed by atoms with Crippen LogP contribution in [-0.4, -0.2) is 26.6 Å². The molecule has 0 spiro atoms. The van der Waals surface area contributed by atoms with Crippen molar-refractivity contribution in [3.8, 4) is 5.82 Å². The lowest BCUT2D eigenvalue weighted by Crippen LogP contribution is -2.12. The van der Waals surface area contributed by atoms with E-state index in [2.05, 4.69) is 33.7 Å². The predicted octanol–water partition coefficient (Wildman–Crippen LogP) is 2.45. The first-order valence-corrected chi connectivity index (χ1v) is 7.35. The van der Waals surface area contributed by atoms with Crippen LogP contribution in [0.25, 0.3) is 5.82 Å². The van der Waals surface area contributed by atoms with Gasteiger partial charge in [0.15, 0.2) is 0 Å². The second kappa shape index (κ2) is 5.23. The van der Waals surface area contributed by atoms with Gasteiger partial charge in [0.2, 0.25) is 0 Å². The minimum atomic E-state index is 0.832. The lowest BCUT2D eigenvalue weighted by molar-refractivity contribution is 0.652. The lowest BCUT2D eigenvalue weighted by Gasteiger charge is -2.17. The summed E-state index contributed by atoms with van der Waals surface area (Å²) in [4.78, 5) is 13.8. The van der Waals surface area contributed by atoms with Gasteiger partial charge in [0.1, 0.15) is 23.8 Å². The molecule has 106 valence electrons. The molecule has 1 aliphatic carbocycles. The van der Waals surface area contributed by atoms with E-state index in [1.807, 2.05) is 13.4 Å². The zero-order valence-corrected chi connectivity index (χ0v) is 12.4. The largest absolute Gasteiger partial charge is 0.373 e. The van der Waals surface area contributed by atoms with E-state index in [9.17, 15) is 0 Å². The molecule has 3 rings (SSSR count). The molecule has 0 unspecified atom stereocenters. The fourth-order valence-corrected chi connectivity index (χ4v) is 2.84. The number of imidazole rings is 1. The van der Waals surface area contributed by atoms with Gasteiger partial charge in [0.25, 0.3) is 0 Å². The normalized spacial score (nSPS) is 14.2. The molecule has 0 aromatic carbocycles. The van der Waals surface area contributed by atoms with Crippen LogP contribution < -0.4 is 5.32 Å². The summed E-state index contributed by atoms with van der Waals surface area (Å²) in [5, 5.41) is 3.17. The molecule has 2 aromatic rings. The van der Waals surface area contributed by atoms with Crippen LogP contribution in [0.1, 0.15) is 42.5 Å². The van der Waals surface area contributed by atoms with E-state index in [-0.39, 0.29) is 0 Å². The number of hydrogen-bond acceptors (Lipinski definition) is 4. The summed E-state index contributed by atoms with van der Waals surface area (Å²) in [6.45, 7) is 4.15. The van der Waals surface area contributed by atoms with Crippen LogP contribution in [0.2, 0.25) is 0 Å². The van der Waals surface area contributed by atoms with Gasteiger partial charge in [-0.15, -0.1) is 0 Å². The number of aryl methyl sites for hydroxylation is 2. The number of hydrogen-bond donors (Lipinski definition) is 1. The summed E-state index contributed by atoms with van der Waals surface area (Å²) < 4.78 is 2.16. The topological polar surface area (TPSA) is 55.6 Å². The SMILES string of the molecule is CCc1nc(NC)c(C)c(-n2cnc3c2CCCC3)n1. The smallest absolute Gasteiger partial charge is 0.146 e. The Balaban J connectivity index is 2.16. The Morgan fingerprint density at radius 1 is 1.25 bits per heavy atom. The van der Waals surface area contributed by atoms with Crippen LogP contribution in [0.4, 0.5) is 5.82 Å². The van der Waals surface area contributed by atoms with E-state index >= 15 is 0 Å². The number of rotatable bonds is 3. The van der Waals surface area contributed by atoms with Gasteiger partial charge in [0.05, 0.1) is 5.69 Å². The Hall–Kier alpha value is -1.91. The summed E-state index contributed by atoms with van der Waals surface area (Å²) in [5.74, 6) is 2.75. The van der Waals surface area contributed by atoms with E-state index < -0.39 is 0 Å². The Bertz CT molecular complexity index is 629. The molecule has 0 radical (unpaired) electrons. The van der Waals surface area contributed by atoms with Crippen LogP contribution in [0.3, 0.4) is 0 Å². The summed E-state index contributed by atoms with van der Waals surface area (Å²) in [6, 6.07) is 0. The molecule has 0 saturated carbocycles. The Labute approximate surface area is 119 Å². The van der Waals surface area contributed by atoms with Crippen molar-refractivity contribution in [2.45, 2.75) is 46.0 Å². The molecular weight excluding hydrogens is 250 g/mol. The number of nitrogens with one attached hydrogen (secondary N) is 1.